The fraction of sp³-hybridized carbons (Fsp3) is 0. The summed E-state index contributed by atoms with van der Waals surface area (Å²) >= 11 is 0. The molecule has 0 aliphatic rings. The van der Waals surface area contributed by atoms with Crippen molar-refractivity contribution in [1.82, 2.24) is 0 Å². The lowest BCUT2D eigenvalue weighted by Gasteiger charge is -1.92. The molecule has 0 spiro atoms. The summed E-state index contributed by atoms with van der Waals surface area (Å²) in [6.07, 6.45) is 0. The Morgan fingerprint density at radius 1 is 0.300 bits per heavy atom. The van der Waals surface area contributed by atoms with E-state index in [0.29, 0.717) is 0 Å². The third kappa shape index (κ3) is 12.3. The van der Waals surface area contributed by atoms with E-state index in [0.717, 1.165) is 0 Å². The van der Waals surface area contributed by atoms with Crippen molar-refractivity contribution in [3.05, 3.63) is 119 Å². The van der Waals surface area contributed by atoms with Crippen LogP contribution in [0.2, 0.25) is 0 Å². The van der Waals surface area contributed by atoms with Crippen LogP contribution in [0.15, 0.2) is 97.1 Å². The van der Waals surface area contributed by atoms with E-state index in [1.807, 2.05) is 0 Å². The van der Waals surface area contributed by atoms with Crippen molar-refractivity contribution < 1.29 is 60.0 Å². The van der Waals surface area contributed by atoms with Gasteiger partial charge in [-0.25, -0.2) is 19.2 Å². The number of hydrogen-bond donors (Lipinski definition) is 8. The topological polar surface area (TPSA) is 230 Å². The predicted octanol–water partition coefficient (Wildman–Crippen LogP) is 4.36. The van der Waals surface area contributed by atoms with E-state index in [-0.39, 0.29) is 45.3 Å². The zero-order valence-electron chi connectivity index (χ0n) is 20.4. The van der Waals surface area contributed by atoms with Crippen LogP contribution in [0.3, 0.4) is 0 Å². The molecule has 0 fully saturated rings. The summed E-state index contributed by atoms with van der Waals surface area (Å²) in [6.45, 7) is 0. The van der Waals surface area contributed by atoms with Crippen molar-refractivity contribution in [2.75, 3.05) is 0 Å². The summed E-state index contributed by atoms with van der Waals surface area (Å²) in [5, 5.41) is 68.6. The van der Waals surface area contributed by atoms with E-state index in [2.05, 4.69) is 0 Å². The standard InChI is InChI=1S/4C7H6O3/c4*8-6-3-1-5(2-4-6)7(9)10/h4*1-4,8H,(H,9,10). The third-order valence-electron chi connectivity index (χ3n) is 4.46. The van der Waals surface area contributed by atoms with Crippen molar-refractivity contribution in [2.24, 2.45) is 0 Å². The minimum atomic E-state index is -0.986. The fourth-order valence-corrected chi connectivity index (χ4v) is 2.42. The van der Waals surface area contributed by atoms with Crippen LogP contribution >= 0.6 is 0 Å². The summed E-state index contributed by atoms with van der Waals surface area (Å²) in [5.74, 6) is -3.65. The Hall–Kier alpha value is -6.04. The van der Waals surface area contributed by atoms with E-state index >= 15 is 0 Å². The molecule has 208 valence electrons. The van der Waals surface area contributed by atoms with Gasteiger partial charge in [-0.05, 0) is 97.1 Å². The summed E-state index contributed by atoms with van der Waals surface area (Å²) in [7, 11) is 0. The van der Waals surface area contributed by atoms with Gasteiger partial charge in [0.25, 0.3) is 0 Å². The fourth-order valence-electron chi connectivity index (χ4n) is 2.42. The molecule has 0 aromatic heterocycles. The van der Waals surface area contributed by atoms with Gasteiger partial charge in [-0.1, -0.05) is 0 Å². The van der Waals surface area contributed by atoms with Gasteiger partial charge in [-0.3, -0.25) is 0 Å². The Morgan fingerprint density at radius 3 is 0.525 bits per heavy atom. The van der Waals surface area contributed by atoms with Gasteiger partial charge in [-0.15, -0.1) is 0 Å². The molecular weight excluding hydrogens is 528 g/mol. The first-order valence-electron chi connectivity index (χ1n) is 10.9. The zero-order chi connectivity index (χ0) is 30.2. The second kappa shape index (κ2) is 15.9. The lowest BCUT2D eigenvalue weighted by Crippen LogP contribution is -1.93. The minimum Gasteiger partial charge on any atom is -0.508 e. The van der Waals surface area contributed by atoms with E-state index in [1.54, 1.807) is 0 Å². The SMILES string of the molecule is O=C(O)c1ccc(O)cc1.O=C(O)c1ccc(O)cc1.O=C(O)c1ccc(O)cc1.O=C(O)c1ccc(O)cc1. The molecule has 8 N–H and O–H groups in total. The highest BCUT2D eigenvalue weighted by molar-refractivity contribution is 5.89. The van der Waals surface area contributed by atoms with Crippen molar-refractivity contribution >= 4 is 23.9 Å². The number of rotatable bonds is 4. The van der Waals surface area contributed by atoms with Gasteiger partial charge in [0.15, 0.2) is 0 Å². The number of aromatic hydroxyl groups is 4. The lowest BCUT2D eigenvalue weighted by molar-refractivity contribution is 0.0686. The maximum absolute atomic E-state index is 10.2. The zero-order valence-corrected chi connectivity index (χ0v) is 20.4. The molecule has 4 rings (SSSR count). The van der Waals surface area contributed by atoms with Crippen molar-refractivity contribution in [3.63, 3.8) is 0 Å². The second-order valence-corrected chi connectivity index (χ2v) is 7.41. The lowest BCUT2D eigenvalue weighted by atomic mass is 10.2. The van der Waals surface area contributed by atoms with E-state index in [1.165, 1.54) is 97.1 Å². The number of aromatic carboxylic acids is 4. The van der Waals surface area contributed by atoms with Gasteiger partial charge in [0.1, 0.15) is 23.0 Å². The molecule has 0 aliphatic heterocycles. The van der Waals surface area contributed by atoms with Gasteiger partial charge < -0.3 is 40.9 Å². The van der Waals surface area contributed by atoms with Crippen LogP contribution in [0.25, 0.3) is 0 Å². The molecule has 4 aromatic carbocycles. The van der Waals surface area contributed by atoms with E-state index < -0.39 is 23.9 Å². The molecule has 0 saturated heterocycles. The number of hydrogen-bond acceptors (Lipinski definition) is 8. The van der Waals surface area contributed by atoms with Crippen LogP contribution in [0.5, 0.6) is 23.0 Å². The van der Waals surface area contributed by atoms with E-state index in [4.69, 9.17) is 40.9 Å². The first-order valence-corrected chi connectivity index (χ1v) is 10.9. The van der Waals surface area contributed by atoms with Gasteiger partial charge in [0.05, 0.1) is 22.3 Å². The first kappa shape index (κ1) is 32.0. The van der Waals surface area contributed by atoms with E-state index in [9.17, 15) is 19.2 Å². The molecule has 12 nitrogen and oxygen atoms in total. The molecule has 0 atom stereocenters. The number of carboxylic acids is 4. The van der Waals surface area contributed by atoms with Crippen LogP contribution in [0, 0.1) is 0 Å². The molecule has 12 heteroatoms. The molecule has 0 saturated carbocycles. The molecule has 0 bridgehead atoms. The average Bonchev–Trinajstić information content (AvgIpc) is 2.91. The van der Waals surface area contributed by atoms with Crippen LogP contribution in [0.1, 0.15) is 41.4 Å². The van der Waals surface area contributed by atoms with Crippen LogP contribution in [-0.2, 0) is 0 Å². The van der Waals surface area contributed by atoms with Gasteiger partial charge in [-0.2, -0.15) is 0 Å². The molecule has 0 amide bonds. The molecule has 0 aliphatic carbocycles. The maximum atomic E-state index is 10.2. The first-order chi connectivity index (χ1) is 18.8. The number of carbonyl (C=O) groups is 4. The molecule has 4 aromatic rings. The Kier molecular flexibility index (Phi) is 12.7. The Morgan fingerprint density at radius 2 is 0.425 bits per heavy atom. The third-order valence-corrected chi connectivity index (χ3v) is 4.46. The monoisotopic (exact) mass is 552 g/mol. The van der Waals surface area contributed by atoms with Gasteiger partial charge in [0.2, 0.25) is 0 Å². The highest BCUT2D eigenvalue weighted by Gasteiger charge is 2.01. The van der Waals surface area contributed by atoms with Crippen LogP contribution < -0.4 is 0 Å². The number of phenolic OH excluding ortho intramolecular Hbond substituents is 4. The number of phenols is 4. The summed E-state index contributed by atoms with van der Waals surface area (Å²) in [4.78, 5) is 40.9. The summed E-state index contributed by atoms with van der Waals surface area (Å²) in [6, 6.07) is 21.5. The summed E-state index contributed by atoms with van der Waals surface area (Å²) in [5.41, 5.74) is 0.714. The highest BCUT2D eigenvalue weighted by Crippen LogP contribution is 2.11. The predicted molar refractivity (Wildman–Crippen MR) is 140 cm³/mol. The number of benzene rings is 4. The summed E-state index contributed by atoms with van der Waals surface area (Å²) < 4.78 is 0. The highest BCUT2D eigenvalue weighted by atomic mass is 16.4. The Bertz CT molecular complexity index is 1170. The van der Waals surface area contributed by atoms with Gasteiger partial charge >= 0.3 is 23.9 Å². The van der Waals surface area contributed by atoms with Crippen LogP contribution in [-0.4, -0.2) is 64.7 Å². The maximum Gasteiger partial charge on any atom is 0.335 e. The minimum absolute atomic E-state index is 0.0741. The Labute approximate surface area is 226 Å². The van der Waals surface area contributed by atoms with Crippen molar-refractivity contribution in [1.29, 1.82) is 0 Å². The second-order valence-electron chi connectivity index (χ2n) is 7.41. The normalized spacial score (nSPS) is 9.20. The van der Waals surface area contributed by atoms with Gasteiger partial charge in [0, 0.05) is 0 Å². The smallest absolute Gasteiger partial charge is 0.335 e. The van der Waals surface area contributed by atoms with Crippen LogP contribution in [0.4, 0.5) is 0 Å². The number of carboxylic acid groups (broad SMARTS) is 4. The molecule has 40 heavy (non-hydrogen) atoms. The largest absolute Gasteiger partial charge is 0.508 e. The van der Waals surface area contributed by atoms with Crippen molar-refractivity contribution in [2.45, 2.75) is 0 Å². The molecular formula is C28H24O12. The van der Waals surface area contributed by atoms with Crippen molar-refractivity contribution in [3.8, 4) is 23.0 Å². The average molecular weight is 552 g/mol. The quantitative estimate of drug-likeness (QED) is 0.176. The Balaban J connectivity index is 0.000000267. The molecule has 0 unspecified atom stereocenters. The molecule has 0 radical (unpaired) electrons. The molecule has 0 heterocycles.